The van der Waals surface area contributed by atoms with E-state index in [1.54, 1.807) is 24.3 Å². The third-order valence-electron chi connectivity index (χ3n) is 3.84. The van der Waals surface area contributed by atoms with E-state index in [1.165, 1.54) is 22.9 Å². The lowest BCUT2D eigenvalue weighted by Crippen LogP contribution is -2.42. The fraction of sp³-hybridized carbons (Fsp3) is 0.0500. The maximum Gasteiger partial charge on any atom is 0.271 e. The first kappa shape index (κ1) is 18.4. The van der Waals surface area contributed by atoms with E-state index in [0.29, 0.717) is 17.1 Å². The number of carbonyl (C=O) groups is 2. The van der Waals surface area contributed by atoms with Gasteiger partial charge in [-0.2, -0.15) is 0 Å². The SMILES string of the molecule is O=C(NNC(=O)c1ccc(=O)n(Cc2ccccc2)c1)c1ccc(Cl)cc1. The average Bonchev–Trinajstić information content (AvgIpc) is 2.69. The smallest absolute Gasteiger partial charge is 0.271 e. The van der Waals surface area contributed by atoms with Gasteiger partial charge in [0.2, 0.25) is 0 Å². The first-order valence-electron chi connectivity index (χ1n) is 8.13. The number of aromatic nitrogens is 1. The van der Waals surface area contributed by atoms with E-state index in [0.717, 1.165) is 5.56 Å². The first-order chi connectivity index (χ1) is 13.0. The van der Waals surface area contributed by atoms with Crippen LogP contribution in [-0.4, -0.2) is 16.4 Å². The Morgan fingerprint density at radius 1 is 0.815 bits per heavy atom. The standard InChI is InChI=1S/C20H16ClN3O3/c21-17-9-6-15(7-10-17)19(26)22-23-20(27)16-8-11-18(25)24(13-16)12-14-4-2-1-3-5-14/h1-11,13H,12H2,(H,22,26)(H,23,27). The quantitative estimate of drug-likeness (QED) is 0.682. The Kier molecular flexibility index (Phi) is 5.68. The molecule has 0 aliphatic rings. The summed E-state index contributed by atoms with van der Waals surface area (Å²) in [5.74, 6) is -1.00. The fourth-order valence-electron chi connectivity index (χ4n) is 2.43. The Morgan fingerprint density at radius 2 is 1.41 bits per heavy atom. The molecule has 27 heavy (non-hydrogen) atoms. The van der Waals surface area contributed by atoms with Gasteiger partial charge in [0.25, 0.3) is 17.4 Å². The van der Waals surface area contributed by atoms with Gasteiger partial charge < -0.3 is 4.57 Å². The molecule has 0 radical (unpaired) electrons. The molecule has 2 amide bonds. The van der Waals surface area contributed by atoms with Gasteiger partial charge in [0, 0.05) is 22.8 Å². The molecule has 2 N–H and O–H groups in total. The molecule has 2 aromatic carbocycles. The van der Waals surface area contributed by atoms with Crippen LogP contribution in [0.5, 0.6) is 0 Å². The summed E-state index contributed by atoms with van der Waals surface area (Å²) in [6, 6.07) is 18.4. The minimum absolute atomic E-state index is 0.222. The molecule has 3 aromatic rings. The third kappa shape index (κ3) is 4.83. The lowest BCUT2D eigenvalue weighted by atomic mass is 10.2. The Hall–Kier alpha value is -3.38. The fourth-order valence-corrected chi connectivity index (χ4v) is 2.55. The minimum Gasteiger partial charge on any atom is -0.310 e. The van der Waals surface area contributed by atoms with Crippen LogP contribution in [0.2, 0.25) is 5.02 Å². The van der Waals surface area contributed by atoms with Gasteiger partial charge in [-0.05, 0) is 35.9 Å². The molecule has 6 nitrogen and oxygen atoms in total. The Bertz CT molecular complexity index is 1010. The largest absolute Gasteiger partial charge is 0.310 e. The Balaban J connectivity index is 1.68. The van der Waals surface area contributed by atoms with Crippen LogP contribution in [0.1, 0.15) is 26.3 Å². The van der Waals surface area contributed by atoms with Crippen LogP contribution < -0.4 is 16.4 Å². The number of pyridine rings is 1. The van der Waals surface area contributed by atoms with Crippen molar-refractivity contribution in [2.75, 3.05) is 0 Å². The number of carbonyl (C=O) groups excluding carboxylic acids is 2. The third-order valence-corrected chi connectivity index (χ3v) is 4.09. The highest BCUT2D eigenvalue weighted by Gasteiger charge is 2.10. The van der Waals surface area contributed by atoms with Crippen LogP contribution in [0.4, 0.5) is 0 Å². The molecule has 136 valence electrons. The Labute approximate surface area is 160 Å². The van der Waals surface area contributed by atoms with Gasteiger partial charge in [-0.1, -0.05) is 41.9 Å². The number of halogens is 1. The van der Waals surface area contributed by atoms with Crippen molar-refractivity contribution in [1.82, 2.24) is 15.4 Å². The van der Waals surface area contributed by atoms with Crippen molar-refractivity contribution in [2.45, 2.75) is 6.54 Å². The monoisotopic (exact) mass is 381 g/mol. The van der Waals surface area contributed by atoms with Gasteiger partial charge in [-0.15, -0.1) is 0 Å². The summed E-state index contributed by atoms with van der Waals surface area (Å²) >= 11 is 5.78. The number of hydrogen-bond acceptors (Lipinski definition) is 3. The molecule has 1 heterocycles. The summed E-state index contributed by atoms with van der Waals surface area (Å²) in [6.45, 7) is 0.345. The van der Waals surface area contributed by atoms with E-state index in [9.17, 15) is 14.4 Å². The van der Waals surface area contributed by atoms with Crippen LogP contribution in [0, 0.1) is 0 Å². The van der Waals surface area contributed by atoms with Gasteiger partial charge in [0.1, 0.15) is 0 Å². The predicted molar refractivity (Wildman–Crippen MR) is 103 cm³/mol. The molecule has 0 aliphatic heterocycles. The van der Waals surface area contributed by atoms with Crippen LogP contribution >= 0.6 is 11.6 Å². The number of nitrogens with one attached hydrogen (secondary N) is 2. The highest BCUT2D eigenvalue weighted by molar-refractivity contribution is 6.30. The number of benzene rings is 2. The second kappa shape index (κ2) is 8.33. The van der Waals surface area contributed by atoms with Crippen molar-refractivity contribution in [2.24, 2.45) is 0 Å². The van der Waals surface area contributed by atoms with Gasteiger partial charge in [0.05, 0.1) is 12.1 Å². The molecular weight excluding hydrogens is 366 g/mol. The van der Waals surface area contributed by atoms with Crippen LogP contribution in [0.3, 0.4) is 0 Å². The summed E-state index contributed by atoms with van der Waals surface area (Å²) in [5.41, 5.74) is 5.99. The summed E-state index contributed by atoms with van der Waals surface area (Å²) in [6.07, 6.45) is 1.46. The van der Waals surface area contributed by atoms with E-state index < -0.39 is 11.8 Å². The second-order valence-corrected chi connectivity index (χ2v) is 6.22. The number of hydrogen-bond donors (Lipinski definition) is 2. The number of hydrazine groups is 1. The molecular formula is C20H16ClN3O3. The van der Waals surface area contributed by atoms with Crippen LogP contribution in [-0.2, 0) is 6.54 Å². The maximum absolute atomic E-state index is 12.3. The zero-order valence-electron chi connectivity index (χ0n) is 14.2. The van der Waals surface area contributed by atoms with E-state index in [1.807, 2.05) is 30.3 Å². The van der Waals surface area contributed by atoms with Crippen molar-refractivity contribution in [3.05, 3.63) is 105 Å². The molecule has 0 bridgehead atoms. The lowest BCUT2D eigenvalue weighted by molar-refractivity contribution is 0.0846. The molecule has 0 saturated carbocycles. The molecule has 7 heteroatoms. The molecule has 1 aromatic heterocycles. The first-order valence-corrected chi connectivity index (χ1v) is 8.51. The summed E-state index contributed by atoms with van der Waals surface area (Å²) < 4.78 is 1.44. The zero-order valence-corrected chi connectivity index (χ0v) is 14.9. The predicted octanol–water partition coefficient (Wildman–Crippen LogP) is 2.62. The van der Waals surface area contributed by atoms with Crippen molar-refractivity contribution in [3.63, 3.8) is 0 Å². The van der Waals surface area contributed by atoms with E-state index in [-0.39, 0.29) is 11.1 Å². The number of rotatable bonds is 4. The summed E-state index contributed by atoms with van der Waals surface area (Å²) in [4.78, 5) is 36.3. The molecule has 0 aliphatic carbocycles. The van der Waals surface area contributed by atoms with E-state index in [4.69, 9.17) is 11.6 Å². The van der Waals surface area contributed by atoms with Gasteiger partial charge in [0.15, 0.2) is 0 Å². The van der Waals surface area contributed by atoms with Crippen molar-refractivity contribution < 1.29 is 9.59 Å². The van der Waals surface area contributed by atoms with Gasteiger partial charge in [-0.3, -0.25) is 25.2 Å². The Morgan fingerprint density at radius 3 is 2.07 bits per heavy atom. The summed E-state index contributed by atoms with van der Waals surface area (Å²) in [5, 5.41) is 0.510. The molecule has 0 unspecified atom stereocenters. The topological polar surface area (TPSA) is 80.2 Å². The minimum atomic E-state index is -0.529. The van der Waals surface area contributed by atoms with Crippen LogP contribution in [0.25, 0.3) is 0 Å². The second-order valence-electron chi connectivity index (χ2n) is 5.78. The van der Waals surface area contributed by atoms with Crippen molar-refractivity contribution in [3.8, 4) is 0 Å². The van der Waals surface area contributed by atoms with E-state index in [2.05, 4.69) is 10.9 Å². The molecule has 0 atom stereocenters. The molecule has 0 fully saturated rings. The molecule has 0 spiro atoms. The number of amides is 2. The molecule has 0 saturated heterocycles. The van der Waals surface area contributed by atoms with Crippen LogP contribution in [0.15, 0.2) is 77.7 Å². The highest BCUT2D eigenvalue weighted by atomic mass is 35.5. The highest BCUT2D eigenvalue weighted by Crippen LogP contribution is 2.09. The lowest BCUT2D eigenvalue weighted by Gasteiger charge is -2.10. The van der Waals surface area contributed by atoms with Crippen molar-refractivity contribution in [1.29, 1.82) is 0 Å². The summed E-state index contributed by atoms with van der Waals surface area (Å²) in [7, 11) is 0. The van der Waals surface area contributed by atoms with E-state index >= 15 is 0 Å². The van der Waals surface area contributed by atoms with Gasteiger partial charge in [-0.25, -0.2) is 0 Å². The normalized spacial score (nSPS) is 10.3. The maximum atomic E-state index is 12.3. The number of nitrogens with zero attached hydrogens (tertiary/aromatic N) is 1. The zero-order chi connectivity index (χ0) is 19.2. The van der Waals surface area contributed by atoms with Crippen molar-refractivity contribution >= 4 is 23.4 Å². The molecule has 3 rings (SSSR count). The average molecular weight is 382 g/mol. The van der Waals surface area contributed by atoms with Gasteiger partial charge >= 0.3 is 0 Å².